The molecule has 2 unspecified atom stereocenters. The molecule has 0 spiro atoms. The van der Waals surface area contributed by atoms with Crippen LogP contribution in [0.1, 0.15) is 152 Å². The third kappa shape index (κ3) is 13.0. The highest BCUT2D eigenvalue weighted by Crippen LogP contribution is 2.42. The summed E-state index contributed by atoms with van der Waals surface area (Å²) in [5, 5.41) is 3.50. The maximum absolute atomic E-state index is 14.3. The molecule has 1 saturated carbocycles. The van der Waals surface area contributed by atoms with Crippen molar-refractivity contribution in [1.82, 2.24) is 5.32 Å². The highest BCUT2D eigenvalue weighted by molar-refractivity contribution is 4.87. The zero-order valence-electron chi connectivity index (χ0n) is 23.8. The van der Waals surface area contributed by atoms with Gasteiger partial charge in [0.1, 0.15) is 5.67 Å². The van der Waals surface area contributed by atoms with E-state index in [9.17, 15) is 4.39 Å². The van der Waals surface area contributed by atoms with E-state index in [1.165, 1.54) is 90.1 Å². The van der Waals surface area contributed by atoms with Crippen molar-refractivity contribution in [2.24, 2.45) is 22.7 Å². The first-order chi connectivity index (χ1) is 15.0. The van der Waals surface area contributed by atoms with Crippen molar-refractivity contribution in [3.8, 4) is 0 Å². The van der Waals surface area contributed by atoms with Gasteiger partial charge in [-0.05, 0) is 81.2 Å². The predicted octanol–water partition coefficient (Wildman–Crippen LogP) is 10.1. The van der Waals surface area contributed by atoms with E-state index < -0.39 is 5.67 Å². The third-order valence-electron chi connectivity index (χ3n) is 7.97. The summed E-state index contributed by atoms with van der Waals surface area (Å²) < 4.78 is 14.3. The number of nitrogens with one attached hydrogen (secondary N) is 1. The van der Waals surface area contributed by atoms with Crippen LogP contribution in [0.15, 0.2) is 0 Å². The number of alkyl halides is 1. The monoisotopic (exact) mass is 455 g/mol. The van der Waals surface area contributed by atoms with Gasteiger partial charge >= 0.3 is 0 Å². The molecule has 1 aliphatic heterocycles. The minimum atomic E-state index is -0.934. The number of halogens is 1. The van der Waals surface area contributed by atoms with Gasteiger partial charge in [-0.1, -0.05) is 107 Å². The topological polar surface area (TPSA) is 12.0 Å². The largest absolute Gasteiger partial charge is 0.317 e. The van der Waals surface area contributed by atoms with Crippen LogP contribution in [0.2, 0.25) is 0 Å². The van der Waals surface area contributed by atoms with Gasteiger partial charge in [0.2, 0.25) is 0 Å². The third-order valence-corrected chi connectivity index (χ3v) is 7.97. The second-order valence-electron chi connectivity index (χ2n) is 12.3. The first kappa shape index (κ1) is 31.9. The maximum atomic E-state index is 14.3. The van der Waals surface area contributed by atoms with Gasteiger partial charge in [0, 0.05) is 0 Å². The first-order valence-corrected chi connectivity index (χ1v) is 14.4. The fraction of sp³-hybridized carbons (Fsp3) is 1.00. The van der Waals surface area contributed by atoms with Crippen LogP contribution in [0.3, 0.4) is 0 Å². The lowest BCUT2D eigenvalue weighted by Crippen LogP contribution is -2.37. The minimum Gasteiger partial charge on any atom is -0.317 e. The maximum Gasteiger partial charge on any atom is 0.111 e. The molecule has 2 atom stereocenters. The summed E-state index contributed by atoms with van der Waals surface area (Å²) in [6, 6.07) is 0. The van der Waals surface area contributed by atoms with Gasteiger partial charge in [0.25, 0.3) is 0 Å². The fourth-order valence-electron chi connectivity index (χ4n) is 5.80. The van der Waals surface area contributed by atoms with Crippen LogP contribution >= 0.6 is 0 Å². The normalized spacial score (nSPS) is 21.9. The molecular weight excluding hydrogens is 393 g/mol. The molecular formula is C30H62FN. The molecule has 194 valence electrons. The van der Waals surface area contributed by atoms with E-state index in [1.807, 2.05) is 6.92 Å². The average Bonchev–Trinajstić information content (AvgIpc) is 2.75. The molecule has 1 heterocycles. The Morgan fingerprint density at radius 3 is 1.81 bits per heavy atom. The molecule has 2 fully saturated rings. The Bertz CT molecular complexity index is 419. The second-order valence-corrected chi connectivity index (χ2v) is 12.3. The summed E-state index contributed by atoms with van der Waals surface area (Å²) in [4.78, 5) is 0. The Labute approximate surface area is 203 Å². The summed E-state index contributed by atoms with van der Waals surface area (Å²) in [7, 11) is 0. The molecule has 1 N–H and O–H groups in total. The van der Waals surface area contributed by atoms with Crippen molar-refractivity contribution in [3.05, 3.63) is 0 Å². The van der Waals surface area contributed by atoms with Crippen LogP contribution in [0.25, 0.3) is 0 Å². The molecule has 32 heavy (non-hydrogen) atoms. The van der Waals surface area contributed by atoms with E-state index in [0.717, 1.165) is 6.42 Å². The summed E-state index contributed by atoms with van der Waals surface area (Å²) in [6.07, 6.45) is 17.9. The highest BCUT2D eigenvalue weighted by atomic mass is 19.1. The van der Waals surface area contributed by atoms with Crippen LogP contribution in [0.5, 0.6) is 0 Å². The smallest absolute Gasteiger partial charge is 0.111 e. The second kappa shape index (κ2) is 16.5. The summed E-state index contributed by atoms with van der Waals surface area (Å²) >= 11 is 0. The molecule has 0 aromatic rings. The highest BCUT2D eigenvalue weighted by Gasteiger charge is 2.37. The zero-order valence-corrected chi connectivity index (χ0v) is 23.8. The first-order valence-electron chi connectivity index (χ1n) is 14.4. The van der Waals surface area contributed by atoms with E-state index in [0.29, 0.717) is 29.1 Å². The Kier molecular flexibility index (Phi) is 16.4. The lowest BCUT2D eigenvalue weighted by molar-refractivity contribution is 0.0392. The van der Waals surface area contributed by atoms with E-state index in [-0.39, 0.29) is 0 Å². The Morgan fingerprint density at radius 2 is 1.41 bits per heavy atom. The standard InChI is InChI=1S/C14H29N.C13H25F.C3H8/c1-5-6-14(8-7-13(2,3)4)9-11-15-12-10-14;1-4-12(13(3,14)5-2)11-9-7-6-8-10-11;1-3-2/h15H,5-12H2,1-4H3;11-12H,4-10H2,1-3H3;3H2,1-2H3. The van der Waals surface area contributed by atoms with Crippen molar-refractivity contribution in [2.75, 3.05) is 13.1 Å². The molecule has 0 aromatic carbocycles. The molecule has 2 heteroatoms. The van der Waals surface area contributed by atoms with Crippen LogP contribution in [0.4, 0.5) is 4.39 Å². The van der Waals surface area contributed by atoms with Crippen LogP contribution < -0.4 is 5.32 Å². The van der Waals surface area contributed by atoms with Gasteiger partial charge in [-0.3, -0.25) is 0 Å². The van der Waals surface area contributed by atoms with Crippen LogP contribution in [-0.4, -0.2) is 18.8 Å². The van der Waals surface area contributed by atoms with Crippen molar-refractivity contribution in [2.45, 2.75) is 158 Å². The minimum absolute atomic E-state index is 0.299. The predicted molar refractivity (Wildman–Crippen MR) is 144 cm³/mol. The number of hydrogen-bond acceptors (Lipinski definition) is 1. The van der Waals surface area contributed by atoms with Crippen molar-refractivity contribution in [1.29, 1.82) is 0 Å². The molecule has 0 aromatic heterocycles. The van der Waals surface area contributed by atoms with Gasteiger partial charge in [-0.25, -0.2) is 4.39 Å². The molecule has 0 radical (unpaired) electrons. The number of rotatable bonds is 8. The van der Waals surface area contributed by atoms with Gasteiger partial charge in [0.15, 0.2) is 0 Å². The van der Waals surface area contributed by atoms with Gasteiger partial charge in [0.05, 0.1) is 0 Å². The number of piperidine rings is 1. The molecule has 1 aliphatic carbocycles. The molecule has 0 amide bonds. The van der Waals surface area contributed by atoms with E-state index in [4.69, 9.17) is 0 Å². The zero-order chi connectivity index (χ0) is 24.7. The quantitative estimate of drug-likeness (QED) is 0.384. The van der Waals surface area contributed by atoms with Gasteiger partial charge < -0.3 is 5.32 Å². The van der Waals surface area contributed by atoms with E-state index in [2.05, 4.69) is 53.8 Å². The lowest BCUT2D eigenvalue weighted by atomic mass is 9.69. The SMILES string of the molecule is CCC.CCC(C1CCCCC1)C(C)(F)CC.CCCC1(CCC(C)(C)C)CCNCC1. The van der Waals surface area contributed by atoms with E-state index >= 15 is 0 Å². The summed E-state index contributed by atoms with van der Waals surface area (Å²) in [6.45, 7) is 22.1. The molecule has 1 nitrogen and oxygen atoms in total. The Balaban J connectivity index is 0.000000536. The molecule has 1 saturated heterocycles. The molecule has 2 aliphatic rings. The Morgan fingerprint density at radius 1 is 0.875 bits per heavy atom. The summed E-state index contributed by atoms with van der Waals surface area (Å²) in [5.41, 5.74) is 0.246. The van der Waals surface area contributed by atoms with Crippen LogP contribution in [0, 0.1) is 22.7 Å². The van der Waals surface area contributed by atoms with Crippen molar-refractivity contribution in [3.63, 3.8) is 0 Å². The Hall–Kier alpha value is -0.110. The van der Waals surface area contributed by atoms with Crippen molar-refractivity contribution < 1.29 is 4.39 Å². The fourth-order valence-corrected chi connectivity index (χ4v) is 5.80. The van der Waals surface area contributed by atoms with Crippen molar-refractivity contribution >= 4 is 0 Å². The van der Waals surface area contributed by atoms with Gasteiger partial charge in [-0.2, -0.15) is 0 Å². The van der Waals surface area contributed by atoms with Crippen LogP contribution in [-0.2, 0) is 0 Å². The van der Waals surface area contributed by atoms with Gasteiger partial charge in [-0.15, -0.1) is 0 Å². The summed E-state index contributed by atoms with van der Waals surface area (Å²) in [5.74, 6) is 0.955. The number of hydrogen-bond donors (Lipinski definition) is 1. The lowest BCUT2D eigenvalue weighted by Gasteiger charge is -2.39. The molecule has 2 rings (SSSR count). The molecule has 0 bridgehead atoms. The average molecular weight is 456 g/mol. The van der Waals surface area contributed by atoms with E-state index in [1.54, 1.807) is 6.92 Å².